The highest BCUT2D eigenvalue weighted by Crippen LogP contribution is 2.32. The summed E-state index contributed by atoms with van der Waals surface area (Å²) in [5.74, 6) is -0.00991. The highest BCUT2D eigenvalue weighted by molar-refractivity contribution is 5.83. The van der Waals surface area contributed by atoms with Gasteiger partial charge in [-0.2, -0.15) is 0 Å². The Morgan fingerprint density at radius 1 is 1.22 bits per heavy atom. The number of carbonyl (C=O) groups is 1. The number of hydrogen-bond donors (Lipinski definition) is 3. The molecule has 0 aromatic heterocycles. The molecule has 1 aliphatic rings. The summed E-state index contributed by atoms with van der Waals surface area (Å²) < 4.78 is 0. The zero-order valence-electron chi connectivity index (χ0n) is 11.4. The van der Waals surface area contributed by atoms with Crippen molar-refractivity contribution < 1.29 is 15.0 Å². The molecule has 18 heavy (non-hydrogen) atoms. The number of carbonyl (C=O) groups excluding carboxylic acids is 1. The van der Waals surface area contributed by atoms with E-state index in [0.29, 0.717) is 6.54 Å². The highest BCUT2D eigenvalue weighted by Gasteiger charge is 2.42. The van der Waals surface area contributed by atoms with Gasteiger partial charge in [0.1, 0.15) is 0 Å². The highest BCUT2D eigenvalue weighted by atomic mass is 16.3. The number of aliphatic hydroxyl groups excluding tert-OH is 2. The molecule has 2 atom stereocenters. The molecule has 0 aromatic carbocycles. The largest absolute Gasteiger partial charge is 0.388 e. The molecule has 106 valence electrons. The number of likely N-dealkylation sites (tertiary alicyclic amines) is 1. The maximum absolute atomic E-state index is 12.6. The Kier molecular flexibility index (Phi) is 5.56. The van der Waals surface area contributed by atoms with Gasteiger partial charge < -0.3 is 20.8 Å². The molecule has 0 aliphatic carbocycles. The van der Waals surface area contributed by atoms with Crippen molar-refractivity contribution in [2.45, 2.75) is 51.7 Å². The van der Waals surface area contributed by atoms with Crippen molar-refractivity contribution in [3.8, 4) is 0 Å². The van der Waals surface area contributed by atoms with Crippen LogP contribution in [0, 0.1) is 5.41 Å². The zero-order chi connectivity index (χ0) is 13.8. The molecular formula is C13H26N2O3. The number of nitrogens with zero attached hydrogens (tertiary/aromatic N) is 1. The Labute approximate surface area is 109 Å². The van der Waals surface area contributed by atoms with Gasteiger partial charge in [-0.15, -0.1) is 0 Å². The van der Waals surface area contributed by atoms with Gasteiger partial charge in [0.2, 0.25) is 5.91 Å². The van der Waals surface area contributed by atoms with Crippen molar-refractivity contribution in [1.82, 2.24) is 4.90 Å². The lowest BCUT2D eigenvalue weighted by Crippen LogP contribution is -2.47. The van der Waals surface area contributed by atoms with Crippen molar-refractivity contribution in [2.75, 3.05) is 19.6 Å². The Hall–Kier alpha value is -0.650. The Balaban J connectivity index is 2.82. The van der Waals surface area contributed by atoms with Crippen LogP contribution in [0.4, 0.5) is 0 Å². The number of β-amino-alcohol motifs (C(OH)–C–C–N with tert-alkyl or cyclic N) is 2. The Morgan fingerprint density at radius 3 is 2.00 bits per heavy atom. The minimum Gasteiger partial charge on any atom is -0.388 e. The van der Waals surface area contributed by atoms with E-state index in [1.54, 1.807) is 4.90 Å². The first kappa shape index (κ1) is 15.4. The average molecular weight is 258 g/mol. The molecule has 0 radical (unpaired) electrons. The lowest BCUT2D eigenvalue weighted by Gasteiger charge is -2.34. The Bertz CT molecular complexity index is 267. The predicted molar refractivity (Wildman–Crippen MR) is 69.9 cm³/mol. The number of hydrogen-bond acceptors (Lipinski definition) is 4. The third-order valence-electron chi connectivity index (χ3n) is 3.85. The van der Waals surface area contributed by atoms with Gasteiger partial charge >= 0.3 is 0 Å². The first-order chi connectivity index (χ1) is 8.50. The quantitative estimate of drug-likeness (QED) is 0.630. The van der Waals surface area contributed by atoms with Crippen LogP contribution in [0.2, 0.25) is 0 Å². The van der Waals surface area contributed by atoms with E-state index in [4.69, 9.17) is 5.73 Å². The molecule has 1 amide bonds. The summed E-state index contributed by atoms with van der Waals surface area (Å²) in [6, 6.07) is 0. The molecule has 0 saturated carbocycles. The van der Waals surface area contributed by atoms with E-state index in [1.807, 2.05) is 13.8 Å². The van der Waals surface area contributed by atoms with E-state index in [9.17, 15) is 15.0 Å². The van der Waals surface area contributed by atoms with Gasteiger partial charge in [-0.1, -0.05) is 26.7 Å². The average Bonchev–Trinajstić information content (AvgIpc) is 2.68. The summed E-state index contributed by atoms with van der Waals surface area (Å²) in [5.41, 5.74) is 5.32. The van der Waals surface area contributed by atoms with Crippen molar-refractivity contribution in [3.63, 3.8) is 0 Å². The summed E-state index contributed by atoms with van der Waals surface area (Å²) in [6.45, 7) is 4.85. The number of amides is 1. The van der Waals surface area contributed by atoms with E-state index >= 15 is 0 Å². The van der Waals surface area contributed by atoms with Gasteiger partial charge in [-0.3, -0.25) is 4.79 Å². The monoisotopic (exact) mass is 258 g/mol. The van der Waals surface area contributed by atoms with Crippen LogP contribution in [0.25, 0.3) is 0 Å². The smallest absolute Gasteiger partial charge is 0.230 e. The van der Waals surface area contributed by atoms with E-state index in [1.165, 1.54) is 0 Å². The molecule has 1 aliphatic heterocycles. The van der Waals surface area contributed by atoms with Gasteiger partial charge in [-0.25, -0.2) is 0 Å². The number of rotatable bonds is 6. The van der Waals surface area contributed by atoms with Crippen LogP contribution in [-0.4, -0.2) is 52.9 Å². The van der Waals surface area contributed by atoms with E-state index in [0.717, 1.165) is 25.7 Å². The molecule has 5 nitrogen and oxygen atoms in total. The van der Waals surface area contributed by atoms with Crippen molar-refractivity contribution in [3.05, 3.63) is 0 Å². The summed E-state index contributed by atoms with van der Waals surface area (Å²) >= 11 is 0. The SMILES string of the molecule is CCCC(CN)(CCC)C(=O)N1CC(O)C(O)C1. The number of nitrogens with two attached hydrogens (primary N) is 1. The topological polar surface area (TPSA) is 86.8 Å². The standard InChI is InChI=1S/C13H26N2O3/c1-3-5-13(9-14,6-4-2)12(18)15-7-10(16)11(17)8-15/h10-11,16-17H,3-9,14H2,1-2H3. The van der Waals surface area contributed by atoms with Crippen LogP contribution in [0.5, 0.6) is 0 Å². The second-order valence-corrected chi connectivity index (χ2v) is 5.33. The van der Waals surface area contributed by atoms with Gasteiger partial charge in [0.05, 0.1) is 17.6 Å². The molecule has 1 fully saturated rings. The normalized spacial score (nSPS) is 24.6. The second-order valence-electron chi connectivity index (χ2n) is 5.33. The molecule has 4 N–H and O–H groups in total. The Morgan fingerprint density at radius 2 is 1.67 bits per heavy atom. The van der Waals surface area contributed by atoms with E-state index in [-0.39, 0.29) is 19.0 Å². The molecule has 1 saturated heterocycles. The van der Waals surface area contributed by atoms with Gasteiger partial charge in [0.15, 0.2) is 0 Å². The molecule has 0 aromatic rings. The van der Waals surface area contributed by atoms with Crippen molar-refractivity contribution in [1.29, 1.82) is 0 Å². The van der Waals surface area contributed by atoms with E-state index in [2.05, 4.69) is 0 Å². The second kappa shape index (κ2) is 6.50. The molecule has 2 unspecified atom stereocenters. The fraction of sp³-hybridized carbons (Fsp3) is 0.923. The summed E-state index contributed by atoms with van der Waals surface area (Å²) in [5, 5.41) is 19.1. The molecular weight excluding hydrogens is 232 g/mol. The maximum Gasteiger partial charge on any atom is 0.230 e. The van der Waals surface area contributed by atoms with Gasteiger partial charge in [-0.05, 0) is 12.8 Å². The minimum atomic E-state index is -0.826. The molecule has 1 rings (SSSR count). The lowest BCUT2D eigenvalue weighted by atomic mass is 9.78. The third kappa shape index (κ3) is 3.02. The van der Waals surface area contributed by atoms with Crippen LogP contribution in [0.1, 0.15) is 39.5 Å². The first-order valence-electron chi connectivity index (χ1n) is 6.86. The van der Waals surface area contributed by atoms with Crippen LogP contribution in [0.3, 0.4) is 0 Å². The van der Waals surface area contributed by atoms with Crippen LogP contribution in [-0.2, 0) is 4.79 Å². The van der Waals surface area contributed by atoms with E-state index < -0.39 is 17.6 Å². The fourth-order valence-corrected chi connectivity index (χ4v) is 2.86. The van der Waals surface area contributed by atoms with Crippen LogP contribution in [0.15, 0.2) is 0 Å². The van der Waals surface area contributed by atoms with Crippen molar-refractivity contribution >= 4 is 5.91 Å². The number of aliphatic hydroxyl groups is 2. The predicted octanol–water partition coefficient (Wildman–Crippen LogP) is 0.0957. The maximum atomic E-state index is 12.6. The van der Waals surface area contributed by atoms with Crippen LogP contribution < -0.4 is 5.73 Å². The molecule has 1 heterocycles. The van der Waals surface area contributed by atoms with Crippen LogP contribution >= 0.6 is 0 Å². The zero-order valence-corrected chi connectivity index (χ0v) is 11.4. The fourth-order valence-electron chi connectivity index (χ4n) is 2.86. The lowest BCUT2D eigenvalue weighted by molar-refractivity contribution is -0.142. The molecule has 0 spiro atoms. The van der Waals surface area contributed by atoms with Gasteiger partial charge in [0.25, 0.3) is 0 Å². The summed E-state index contributed by atoms with van der Waals surface area (Å²) in [7, 11) is 0. The van der Waals surface area contributed by atoms with Crippen molar-refractivity contribution in [2.24, 2.45) is 11.1 Å². The minimum absolute atomic E-state index is 0.00991. The summed E-state index contributed by atoms with van der Waals surface area (Å²) in [6.07, 6.45) is 1.68. The molecule has 0 bridgehead atoms. The molecule has 5 heteroatoms. The summed E-state index contributed by atoms with van der Waals surface area (Å²) in [4.78, 5) is 14.2. The first-order valence-corrected chi connectivity index (χ1v) is 6.86. The third-order valence-corrected chi connectivity index (χ3v) is 3.85. The van der Waals surface area contributed by atoms with Gasteiger partial charge in [0, 0.05) is 19.6 Å².